The summed E-state index contributed by atoms with van der Waals surface area (Å²) in [6.07, 6.45) is -1.06. The fourth-order valence-corrected chi connectivity index (χ4v) is 2.46. The minimum Gasteiger partial charge on any atom is -0.339 e. The maximum absolute atomic E-state index is 12.9. The van der Waals surface area contributed by atoms with Gasteiger partial charge in [-0.05, 0) is 12.1 Å². The molecule has 0 saturated carbocycles. The quantitative estimate of drug-likeness (QED) is 0.723. The van der Waals surface area contributed by atoms with Gasteiger partial charge < -0.3 is 9.88 Å². The standard InChI is InChI=1S/C16H11F3N6O/c1-25-13(10-2-4-21-8-11(10)15(26)22-5-3-20)24-12-6-9(16(17,18)19)7-23-14(12)25/h2,4,6-8H,5H2,1H3,(H,22,26). The van der Waals surface area contributed by atoms with Crippen molar-refractivity contribution in [2.24, 2.45) is 7.05 Å². The molecule has 0 saturated heterocycles. The number of aromatic nitrogens is 4. The monoisotopic (exact) mass is 360 g/mol. The van der Waals surface area contributed by atoms with Crippen LogP contribution >= 0.6 is 0 Å². The summed E-state index contributed by atoms with van der Waals surface area (Å²) in [5.74, 6) is -0.276. The van der Waals surface area contributed by atoms with E-state index in [0.717, 1.165) is 12.3 Å². The molecular weight excluding hydrogens is 349 g/mol. The van der Waals surface area contributed by atoms with Gasteiger partial charge in [0.1, 0.15) is 17.9 Å². The van der Waals surface area contributed by atoms with E-state index in [0.29, 0.717) is 5.56 Å². The number of carbonyl (C=O) groups is 1. The molecule has 7 nitrogen and oxygen atoms in total. The summed E-state index contributed by atoms with van der Waals surface area (Å²) in [5, 5.41) is 11.0. The average Bonchev–Trinajstić information content (AvgIpc) is 2.95. The number of hydrogen-bond donors (Lipinski definition) is 1. The highest BCUT2D eigenvalue weighted by molar-refractivity contribution is 6.00. The molecular formula is C16H11F3N6O. The Morgan fingerprint density at radius 2 is 2.15 bits per heavy atom. The zero-order valence-corrected chi connectivity index (χ0v) is 13.4. The molecule has 132 valence electrons. The van der Waals surface area contributed by atoms with E-state index in [1.165, 1.54) is 23.0 Å². The smallest absolute Gasteiger partial charge is 0.339 e. The van der Waals surface area contributed by atoms with Crippen LogP contribution in [0, 0.1) is 11.3 Å². The van der Waals surface area contributed by atoms with Crippen molar-refractivity contribution in [3.63, 3.8) is 0 Å². The lowest BCUT2D eigenvalue weighted by atomic mass is 10.1. The van der Waals surface area contributed by atoms with Gasteiger partial charge in [-0.2, -0.15) is 18.4 Å². The van der Waals surface area contributed by atoms with Gasteiger partial charge in [0.15, 0.2) is 5.65 Å². The largest absolute Gasteiger partial charge is 0.417 e. The lowest BCUT2D eigenvalue weighted by Gasteiger charge is -2.08. The van der Waals surface area contributed by atoms with Crippen molar-refractivity contribution in [1.29, 1.82) is 5.26 Å². The lowest BCUT2D eigenvalue weighted by molar-refractivity contribution is -0.137. The van der Waals surface area contributed by atoms with Crippen LogP contribution in [0.2, 0.25) is 0 Å². The predicted octanol–water partition coefficient (Wildman–Crippen LogP) is 2.30. The molecule has 0 fully saturated rings. The van der Waals surface area contributed by atoms with Crippen LogP contribution in [0.5, 0.6) is 0 Å². The summed E-state index contributed by atoms with van der Waals surface area (Å²) in [5.41, 5.74) is -0.0937. The van der Waals surface area contributed by atoms with E-state index in [1.54, 1.807) is 13.1 Å². The number of nitrogens with one attached hydrogen (secondary N) is 1. The molecule has 3 aromatic heterocycles. The molecule has 0 radical (unpaired) electrons. The number of nitriles is 1. The van der Waals surface area contributed by atoms with Crippen LogP contribution in [0.15, 0.2) is 30.7 Å². The van der Waals surface area contributed by atoms with Crippen molar-refractivity contribution in [2.45, 2.75) is 6.18 Å². The molecule has 0 aliphatic heterocycles. The first kappa shape index (κ1) is 17.3. The van der Waals surface area contributed by atoms with Crippen LogP contribution in [0.25, 0.3) is 22.6 Å². The second-order valence-electron chi connectivity index (χ2n) is 5.32. The number of fused-ring (bicyclic) bond motifs is 1. The molecule has 3 rings (SSSR count). The van der Waals surface area contributed by atoms with Gasteiger partial charge in [-0.25, -0.2) is 9.97 Å². The van der Waals surface area contributed by atoms with Gasteiger partial charge in [0.2, 0.25) is 0 Å². The Hall–Kier alpha value is -3.48. The molecule has 26 heavy (non-hydrogen) atoms. The van der Waals surface area contributed by atoms with Crippen LogP contribution < -0.4 is 5.32 Å². The summed E-state index contributed by atoms with van der Waals surface area (Å²) in [6.45, 7) is -0.188. The van der Waals surface area contributed by atoms with Crippen LogP contribution in [0.4, 0.5) is 13.2 Å². The number of rotatable bonds is 3. The fourth-order valence-electron chi connectivity index (χ4n) is 2.46. The topological polar surface area (TPSA) is 96.5 Å². The highest BCUT2D eigenvalue weighted by Crippen LogP contribution is 2.32. The van der Waals surface area contributed by atoms with Crippen LogP contribution in [0.1, 0.15) is 15.9 Å². The Morgan fingerprint density at radius 3 is 2.85 bits per heavy atom. The lowest BCUT2D eigenvalue weighted by Crippen LogP contribution is -2.24. The Kier molecular flexibility index (Phi) is 4.29. The first-order valence-electron chi connectivity index (χ1n) is 7.32. The number of hydrogen-bond acceptors (Lipinski definition) is 5. The van der Waals surface area contributed by atoms with Crippen molar-refractivity contribution in [3.8, 4) is 17.5 Å². The second kappa shape index (κ2) is 6.44. The van der Waals surface area contributed by atoms with Crippen molar-refractivity contribution >= 4 is 17.1 Å². The van der Waals surface area contributed by atoms with E-state index in [9.17, 15) is 18.0 Å². The molecule has 0 unspecified atom stereocenters. The van der Waals surface area contributed by atoms with E-state index in [-0.39, 0.29) is 29.1 Å². The third-order valence-electron chi connectivity index (χ3n) is 3.67. The van der Waals surface area contributed by atoms with Gasteiger partial charge in [0.05, 0.1) is 17.2 Å². The molecule has 0 aliphatic rings. The number of alkyl halides is 3. The third-order valence-corrected chi connectivity index (χ3v) is 3.67. The van der Waals surface area contributed by atoms with Gasteiger partial charge in [-0.3, -0.25) is 9.78 Å². The van der Waals surface area contributed by atoms with Gasteiger partial charge >= 0.3 is 6.18 Å². The van der Waals surface area contributed by atoms with Gasteiger partial charge in [-0.15, -0.1) is 0 Å². The van der Waals surface area contributed by atoms with Crippen molar-refractivity contribution < 1.29 is 18.0 Å². The molecule has 0 aliphatic carbocycles. The van der Waals surface area contributed by atoms with Crippen LogP contribution in [-0.2, 0) is 13.2 Å². The van der Waals surface area contributed by atoms with Gasteiger partial charge in [0, 0.05) is 31.2 Å². The maximum Gasteiger partial charge on any atom is 0.417 e. The molecule has 3 aromatic rings. The number of nitrogens with zero attached hydrogens (tertiary/aromatic N) is 5. The SMILES string of the molecule is Cn1c(-c2ccncc2C(=O)NCC#N)nc2cc(C(F)(F)F)cnc21. The highest BCUT2D eigenvalue weighted by Gasteiger charge is 2.32. The molecule has 1 amide bonds. The number of halogens is 3. The van der Waals surface area contributed by atoms with E-state index in [1.807, 2.05) is 0 Å². The van der Waals surface area contributed by atoms with Gasteiger partial charge in [0.25, 0.3) is 5.91 Å². The summed E-state index contributed by atoms with van der Waals surface area (Å²) in [4.78, 5) is 24.1. The van der Waals surface area contributed by atoms with Crippen molar-refractivity contribution in [2.75, 3.05) is 6.54 Å². The van der Waals surface area contributed by atoms with E-state index in [4.69, 9.17) is 5.26 Å². The van der Waals surface area contributed by atoms with Crippen molar-refractivity contribution in [1.82, 2.24) is 24.8 Å². The number of carbonyl (C=O) groups excluding carboxylic acids is 1. The highest BCUT2D eigenvalue weighted by atomic mass is 19.4. The molecule has 0 bridgehead atoms. The normalized spacial score (nSPS) is 11.3. The maximum atomic E-state index is 12.9. The van der Waals surface area contributed by atoms with Crippen LogP contribution in [-0.4, -0.2) is 32.0 Å². The number of aryl methyl sites for hydroxylation is 1. The molecule has 0 aromatic carbocycles. The number of amides is 1. The van der Waals surface area contributed by atoms with E-state index in [2.05, 4.69) is 20.3 Å². The average molecular weight is 360 g/mol. The van der Waals surface area contributed by atoms with Crippen LogP contribution in [0.3, 0.4) is 0 Å². The second-order valence-corrected chi connectivity index (χ2v) is 5.32. The summed E-state index contributed by atoms with van der Waals surface area (Å²) in [7, 11) is 1.59. The zero-order valence-electron chi connectivity index (χ0n) is 13.4. The minimum atomic E-state index is -4.53. The first-order valence-corrected chi connectivity index (χ1v) is 7.32. The van der Waals surface area contributed by atoms with E-state index < -0.39 is 17.6 Å². The Morgan fingerprint density at radius 1 is 1.38 bits per heavy atom. The number of imidazole rings is 1. The first-order chi connectivity index (χ1) is 12.3. The zero-order chi connectivity index (χ0) is 18.9. The molecule has 1 N–H and O–H groups in total. The Bertz CT molecular complexity index is 1030. The molecule has 3 heterocycles. The third kappa shape index (κ3) is 3.06. The van der Waals surface area contributed by atoms with Gasteiger partial charge in [-0.1, -0.05) is 0 Å². The van der Waals surface area contributed by atoms with Crippen molar-refractivity contribution in [3.05, 3.63) is 41.9 Å². The fraction of sp³-hybridized carbons (Fsp3) is 0.188. The summed E-state index contributed by atoms with van der Waals surface area (Å²) < 4.78 is 40.1. The Labute approximate surface area is 145 Å². The minimum absolute atomic E-state index is 0.0533. The van der Waals surface area contributed by atoms with E-state index >= 15 is 0 Å². The summed E-state index contributed by atoms with van der Waals surface area (Å²) >= 11 is 0. The predicted molar refractivity (Wildman–Crippen MR) is 84.7 cm³/mol. The molecule has 0 spiro atoms. The number of pyridine rings is 2. The molecule has 10 heteroatoms. The summed E-state index contributed by atoms with van der Waals surface area (Å²) in [6, 6.07) is 4.22. The Balaban J connectivity index is 2.13. The molecule has 0 atom stereocenters.